The summed E-state index contributed by atoms with van der Waals surface area (Å²) < 4.78 is 0. The molecule has 8 nitrogen and oxygen atoms in total. The van der Waals surface area contributed by atoms with Crippen LogP contribution in [-0.4, -0.2) is 44.9 Å². The number of rotatable bonds is 6. The molecule has 122 valence electrons. The first-order chi connectivity index (χ1) is 10.9. The van der Waals surface area contributed by atoms with E-state index in [1.807, 2.05) is 0 Å². The normalized spacial score (nSPS) is 17.7. The summed E-state index contributed by atoms with van der Waals surface area (Å²) in [6, 6.07) is 4.63. The van der Waals surface area contributed by atoms with E-state index in [1.54, 1.807) is 0 Å². The number of non-ortho nitro benzene ring substituents is 1. The molecular formula is C15H16N2O6. The summed E-state index contributed by atoms with van der Waals surface area (Å²) in [4.78, 5) is 35.4. The van der Waals surface area contributed by atoms with Crippen LogP contribution in [0.1, 0.15) is 24.9 Å². The smallest absolute Gasteiger partial charge is 0.290 e. The topological polar surface area (TPSA) is 121 Å². The van der Waals surface area contributed by atoms with Gasteiger partial charge in [0.1, 0.15) is 0 Å². The summed E-state index contributed by atoms with van der Waals surface area (Å²) in [6.07, 6.45) is 0.285. The lowest BCUT2D eigenvalue weighted by atomic mass is 9.96. The third-order valence-electron chi connectivity index (χ3n) is 3.66. The van der Waals surface area contributed by atoms with Crippen LogP contribution in [0.3, 0.4) is 0 Å². The standard InChI is InChI=1S/C15H16N2O6/c1-9(19)12-13(10-3-5-11(6-4-10)17(22)23)16(7-2-8-18)15(21)14(12)20/h3-6,13,18,20H,2,7-8H2,1H3. The molecule has 0 aromatic heterocycles. The Kier molecular flexibility index (Phi) is 4.75. The van der Waals surface area contributed by atoms with Gasteiger partial charge in [0.2, 0.25) is 0 Å². The van der Waals surface area contributed by atoms with Crippen molar-refractivity contribution in [2.45, 2.75) is 19.4 Å². The van der Waals surface area contributed by atoms with Crippen molar-refractivity contribution in [3.05, 3.63) is 51.3 Å². The fourth-order valence-electron chi connectivity index (χ4n) is 2.61. The Morgan fingerprint density at radius 2 is 1.96 bits per heavy atom. The summed E-state index contributed by atoms with van der Waals surface area (Å²) in [6.45, 7) is 1.25. The number of benzene rings is 1. The van der Waals surface area contributed by atoms with Crippen LogP contribution in [0.2, 0.25) is 0 Å². The van der Waals surface area contributed by atoms with Gasteiger partial charge < -0.3 is 15.1 Å². The Morgan fingerprint density at radius 1 is 1.35 bits per heavy atom. The van der Waals surface area contributed by atoms with Crippen LogP contribution in [-0.2, 0) is 9.59 Å². The van der Waals surface area contributed by atoms with Gasteiger partial charge in [-0.1, -0.05) is 0 Å². The zero-order valence-corrected chi connectivity index (χ0v) is 12.4. The minimum Gasteiger partial charge on any atom is -0.503 e. The molecule has 0 bridgehead atoms. The minimum atomic E-state index is -0.813. The second kappa shape index (κ2) is 6.57. The Hall–Kier alpha value is -2.74. The lowest BCUT2D eigenvalue weighted by Gasteiger charge is -2.26. The molecule has 2 N–H and O–H groups in total. The van der Waals surface area contributed by atoms with E-state index in [0.29, 0.717) is 5.56 Å². The van der Waals surface area contributed by atoms with Gasteiger partial charge in [-0.25, -0.2) is 0 Å². The summed E-state index contributed by atoms with van der Waals surface area (Å²) in [5.74, 6) is -1.75. The minimum absolute atomic E-state index is 0.0400. The van der Waals surface area contributed by atoms with Crippen LogP contribution in [0.15, 0.2) is 35.6 Å². The highest BCUT2D eigenvalue weighted by Gasteiger charge is 2.42. The zero-order chi connectivity index (χ0) is 17.1. The first kappa shape index (κ1) is 16.6. The van der Waals surface area contributed by atoms with Crippen molar-refractivity contribution in [2.24, 2.45) is 0 Å². The van der Waals surface area contributed by atoms with Gasteiger partial charge in [0.25, 0.3) is 11.6 Å². The molecule has 1 atom stereocenters. The maximum atomic E-state index is 12.2. The van der Waals surface area contributed by atoms with Crippen molar-refractivity contribution in [3.8, 4) is 0 Å². The number of nitro groups is 1. The molecule has 1 heterocycles. The number of Topliss-reactive ketones (excluding diaryl/α,β-unsaturated/α-hetero) is 1. The Labute approximate surface area is 131 Å². The lowest BCUT2D eigenvalue weighted by molar-refractivity contribution is -0.384. The van der Waals surface area contributed by atoms with Crippen molar-refractivity contribution >= 4 is 17.4 Å². The van der Waals surface area contributed by atoms with Crippen LogP contribution in [0.25, 0.3) is 0 Å². The Bertz CT molecular complexity index is 680. The average Bonchev–Trinajstić information content (AvgIpc) is 2.77. The van der Waals surface area contributed by atoms with Crippen LogP contribution >= 0.6 is 0 Å². The van der Waals surface area contributed by atoms with Crippen LogP contribution < -0.4 is 0 Å². The molecule has 8 heteroatoms. The molecule has 1 aliphatic heterocycles. The van der Waals surface area contributed by atoms with Crippen molar-refractivity contribution in [2.75, 3.05) is 13.2 Å². The zero-order valence-electron chi connectivity index (χ0n) is 12.4. The van der Waals surface area contributed by atoms with E-state index < -0.39 is 28.4 Å². The van der Waals surface area contributed by atoms with Gasteiger partial charge in [0.05, 0.1) is 16.5 Å². The number of ketones is 1. The molecule has 2 rings (SSSR count). The van der Waals surface area contributed by atoms with Gasteiger partial charge in [-0.05, 0) is 31.0 Å². The van der Waals surface area contributed by atoms with Gasteiger partial charge in [-0.2, -0.15) is 0 Å². The molecule has 1 aliphatic rings. The van der Waals surface area contributed by atoms with Crippen molar-refractivity contribution in [1.29, 1.82) is 0 Å². The Balaban J connectivity index is 2.45. The third kappa shape index (κ3) is 3.07. The quantitative estimate of drug-likeness (QED) is 0.601. The fourth-order valence-corrected chi connectivity index (χ4v) is 2.61. The van der Waals surface area contributed by atoms with Gasteiger partial charge in [-0.15, -0.1) is 0 Å². The predicted molar refractivity (Wildman–Crippen MR) is 79.6 cm³/mol. The molecule has 0 saturated heterocycles. The number of aliphatic hydroxyl groups is 2. The first-order valence-corrected chi connectivity index (χ1v) is 6.98. The molecule has 1 unspecified atom stereocenters. The molecule has 23 heavy (non-hydrogen) atoms. The molecule has 1 amide bonds. The van der Waals surface area contributed by atoms with Crippen molar-refractivity contribution < 1.29 is 24.7 Å². The monoisotopic (exact) mass is 320 g/mol. The van der Waals surface area contributed by atoms with E-state index in [1.165, 1.54) is 36.1 Å². The third-order valence-corrected chi connectivity index (χ3v) is 3.66. The van der Waals surface area contributed by atoms with Crippen LogP contribution in [0.4, 0.5) is 5.69 Å². The number of carbonyl (C=O) groups is 2. The highest BCUT2D eigenvalue weighted by molar-refractivity contribution is 6.08. The highest BCUT2D eigenvalue weighted by Crippen LogP contribution is 2.38. The van der Waals surface area contributed by atoms with Gasteiger partial charge >= 0.3 is 0 Å². The van der Waals surface area contributed by atoms with E-state index in [4.69, 9.17) is 5.11 Å². The molecular weight excluding hydrogens is 304 g/mol. The molecule has 1 aromatic carbocycles. The average molecular weight is 320 g/mol. The predicted octanol–water partition coefficient (Wildman–Crippen LogP) is 1.26. The number of hydrogen-bond donors (Lipinski definition) is 2. The van der Waals surface area contributed by atoms with E-state index in [-0.39, 0.29) is 30.8 Å². The molecule has 0 spiro atoms. The molecule has 0 fully saturated rings. The van der Waals surface area contributed by atoms with Crippen LogP contribution in [0, 0.1) is 10.1 Å². The summed E-state index contributed by atoms with van der Waals surface area (Å²) in [5.41, 5.74) is 0.329. The van der Waals surface area contributed by atoms with E-state index in [2.05, 4.69) is 0 Å². The number of carbonyl (C=O) groups excluding carboxylic acids is 2. The van der Waals surface area contributed by atoms with Crippen molar-refractivity contribution in [3.63, 3.8) is 0 Å². The number of hydrogen-bond acceptors (Lipinski definition) is 6. The maximum Gasteiger partial charge on any atom is 0.290 e. The number of amides is 1. The first-order valence-electron chi connectivity index (χ1n) is 6.98. The van der Waals surface area contributed by atoms with Crippen molar-refractivity contribution in [1.82, 2.24) is 4.90 Å². The SMILES string of the molecule is CC(=O)C1=C(O)C(=O)N(CCCO)C1c1ccc([N+](=O)[O-])cc1. The fraction of sp³-hybridized carbons (Fsp3) is 0.333. The summed E-state index contributed by atoms with van der Waals surface area (Å²) in [5, 5.41) is 29.6. The highest BCUT2D eigenvalue weighted by atomic mass is 16.6. The van der Waals surface area contributed by atoms with E-state index >= 15 is 0 Å². The molecule has 1 aromatic rings. The lowest BCUT2D eigenvalue weighted by Crippen LogP contribution is -2.32. The maximum absolute atomic E-state index is 12.2. The van der Waals surface area contributed by atoms with E-state index in [9.17, 15) is 24.8 Å². The second-order valence-corrected chi connectivity index (χ2v) is 5.15. The molecule has 0 aliphatic carbocycles. The number of nitrogens with zero attached hydrogens (tertiary/aromatic N) is 2. The second-order valence-electron chi connectivity index (χ2n) is 5.15. The molecule has 0 radical (unpaired) electrons. The van der Waals surface area contributed by atoms with E-state index in [0.717, 1.165) is 0 Å². The van der Waals surface area contributed by atoms with Gasteiger partial charge in [0.15, 0.2) is 11.5 Å². The summed E-state index contributed by atoms with van der Waals surface area (Å²) >= 11 is 0. The number of nitro benzene ring substituents is 1. The van der Waals surface area contributed by atoms with Gasteiger partial charge in [-0.3, -0.25) is 19.7 Å². The largest absolute Gasteiger partial charge is 0.503 e. The number of aliphatic hydroxyl groups excluding tert-OH is 2. The summed E-state index contributed by atoms with van der Waals surface area (Å²) in [7, 11) is 0. The van der Waals surface area contributed by atoms with Gasteiger partial charge in [0, 0.05) is 25.3 Å². The van der Waals surface area contributed by atoms with Crippen LogP contribution in [0.5, 0.6) is 0 Å². The Morgan fingerprint density at radius 3 is 2.43 bits per heavy atom. The molecule has 0 saturated carbocycles.